The number of hydrogen-bond acceptors (Lipinski definition) is 2. The van der Waals surface area contributed by atoms with Gasteiger partial charge in [-0.15, -0.1) is 6.58 Å². The van der Waals surface area contributed by atoms with Gasteiger partial charge in [0.15, 0.2) is 0 Å². The second-order valence-electron chi connectivity index (χ2n) is 4.40. The molecule has 0 radical (unpaired) electrons. The van der Waals surface area contributed by atoms with Gasteiger partial charge in [0, 0.05) is 18.3 Å². The third-order valence-electron chi connectivity index (χ3n) is 2.11. The summed E-state index contributed by atoms with van der Waals surface area (Å²) in [5, 5.41) is 0.659. The molecule has 0 saturated carbocycles. The largest absolute Gasteiger partial charge is 0.348 e. The molecule has 0 amide bonds. The summed E-state index contributed by atoms with van der Waals surface area (Å²) in [6.45, 7) is 11.0. The van der Waals surface area contributed by atoms with E-state index >= 15 is 0 Å². The average molecular weight is 225 g/mol. The third kappa shape index (κ3) is 3.24. The van der Waals surface area contributed by atoms with Crippen molar-refractivity contribution in [3.05, 3.63) is 36.0 Å². The highest BCUT2D eigenvalue weighted by molar-refractivity contribution is 6.30. The van der Waals surface area contributed by atoms with E-state index in [1.807, 2.05) is 18.2 Å². The van der Waals surface area contributed by atoms with Crippen molar-refractivity contribution in [2.45, 2.75) is 26.3 Å². The third-order valence-corrected chi connectivity index (χ3v) is 2.33. The summed E-state index contributed by atoms with van der Waals surface area (Å²) in [5.74, 6) is 0.923. The molecule has 0 N–H and O–H groups in total. The van der Waals surface area contributed by atoms with Crippen LogP contribution in [0.4, 0.5) is 5.82 Å². The van der Waals surface area contributed by atoms with Gasteiger partial charge in [0.25, 0.3) is 0 Å². The monoisotopic (exact) mass is 224 g/mol. The first-order chi connectivity index (χ1) is 6.95. The highest BCUT2D eigenvalue weighted by Gasteiger charge is 2.21. The van der Waals surface area contributed by atoms with Crippen molar-refractivity contribution in [1.29, 1.82) is 0 Å². The standard InChI is InChI=1S/C12H17ClN2/c1-5-8-15(12(2,3)4)11-7-6-10(13)9-14-11/h5-7,9H,1,8H2,2-4H3. The average Bonchev–Trinajstić information content (AvgIpc) is 2.14. The number of pyridine rings is 1. The van der Waals surface area contributed by atoms with Crippen molar-refractivity contribution in [3.8, 4) is 0 Å². The molecule has 1 aromatic rings. The highest BCUT2D eigenvalue weighted by atomic mass is 35.5. The van der Waals surface area contributed by atoms with Gasteiger partial charge in [-0.1, -0.05) is 17.7 Å². The minimum atomic E-state index is 0.0228. The second-order valence-corrected chi connectivity index (χ2v) is 4.84. The lowest BCUT2D eigenvalue weighted by molar-refractivity contribution is 0.517. The number of anilines is 1. The van der Waals surface area contributed by atoms with Gasteiger partial charge in [-0.25, -0.2) is 4.98 Å². The van der Waals surface area contributed by atoms with Gasteiger partial charge in [0.1, 0.15) is 5.82 Å². The smallest absolute Gasteiger partial charge is 0.129 e. The van der Waals surface area contributed by atoms with E-state index in [9.17, 15) is 0 Å². The van der Waals surface area contributed by atoms with Crippen LogP contribution in [0.5, 0.6) is 0 Å². The van der Waals surface area contributed by atoms with Crippen molar-refractivity contribution in [2.75, 3.05) is 11.4 Å². The lowest BCUT2D eigenvalue weighted by Crippen LogP contribution is -2.42. The quantitative estimate of drug-likeness (QED) is 0.731. The molecule has 0 aliphatic heterocycles. The fourth-order valence-corrected chi connectivity index (χ4v) is 1.48. The molecule has 0 unspecified atom stereocenters. The molecular weight excluding hydrogens is 208 g/mol. The highest BCUT2D eigenvalue weighted by Crippen LogP contribution is 2.22. The van der Waals surface area contributed by atoms with Gasteiger partial charge in [-0.05, 0) is 32.9 Å². The molecule has 0 fully saturated rings. The maximum Gasteiger partial charge on any atom is 0.129 e. The molecule has 1 aromatic heterocycles. The first kappa shape index (κ1) is 12.1. The molecule has 0 aromatic carbocycles. The summed E-state index contributed by atoms with van der Waals surface area (Å²) >= 11 is 5.81. The van der Waals surface area contributed by atoms with Gasteiger partial charge < -0.3 is 4.90 Å². The van der Waals surface area contributed by atoms with Crippen molar-refractivity contribution >= 4 is 17.4 Å². The summed E-state index contributed by atoms with van der Waals surface area (Å²) in [6, 6.07) is 3.78. The van der Waals surface area contributed by atoms with Crippen molar-refractivity contribution in [1.82, 2.24) is 4.98 Å². The number of halogens is 1. The first-order valence-corrected chi connectivity index (χ1v) is 5.33. The predicted molar refractivity (Wildman–Crippen MR) is 66.5 cm³/mol. The maximum absolute atomic E-state index is 5.81. The summed E-state index contributed by atoms with van der Waals surface area (Å²) in [6.07, 6.45) is 3.54. The molecule has 0 aliphatic carbocycles. The lowest BCUT2D eigenvalue weighted by atomic mass is 10.1. The lowest BCUT2D eigenvalue weighted by Gasteiger charge is -2.35. The Morgan fingerprint density at radius 2 is 2.13 bits per heavy atom. The van der Waals surface area contributed by atoms with E-state index in [0.29, 0.717) is 5.02 Å². The SMILES string of the molecule is C=CCN(c1ccc(Cl)cn1)C(C)(C)C. The van der Waals surface area contributed by atoms with E-state index in [-0.39, 0.29) is 5.54 Å². The normalized spacial score (nSPS) is 11.2. The summed E-state index contributed by atoms with van der Waals surface area (Å²) in [7, 11) is 0. The van der Waals surface area contributed by atoms with E-state index in [2.05, 4.69) is 37.2 Å². The van der Waals surface area contributed by atoms with Crippen LogP contribution in [0, 0.1) is 0 Å². The molecule has 0 saturated heterocycles. The maximum atomic E-state index is 5.81. The van der Waals surface area contributed by atoms with Crippen molar-refractivity contribution in [2.24, 2.45) is 0 Å². The first-order valence-electron chi connectivity index (χ1n) is 4.95. The van der Waals surface area contributed by atoms with E-state index < -0.39 is 0 Å². The molecule has 1 rings (SSSR count). The Kier molecular flexibility index (Phi) is 3.75. The minimum absolute atomic E-state index is 0.0228. The predicted octanol–water partition coefficient (Wildman–Crippen LogP) is 3.53. The van der Waals surface area contributed by atoms with Crippen molar-refractivity contribution in [3.63, 3.8) is 0 Å². The number of hydrogen-bond donors (Lipinski definition) is 0. The van der Waals surface area contributed by atoms with Crippen LogP contribution in [0.1, 0.15) is 20.8 Å². The molecule has 0 bridgehead atoms. The molecule has 0 spiro atoms. The van der Waals surface area contributed by atoms with Crippen LogP contribution in [0.15, 0.2) is 31.0 Å². The Hall–Kier alpha value is -1.02. The van der Waals surface area contributed by atoms with Crippen LogP contribution in [-0.2, 0) is 0 Å². The molecule has 1 heterocycles. The summed E-state index contributed by atoms with van der Waals surface area (Å²) in [5.41, 5.74) is 0.0228. The zero-order chi connectivity index (χ0) is 11.5. The van der Waals surface area contributed by atoms with Crippen LogP contribution >= 0.6 is 11.6 Å². The van der Waals surface area contributed by atoms with Crippen LogP contribution in [0.3, 0.4) is 0 Å². The Morgan fingerprint density at radius 1 is 1.47 bits per heavy atom. The zero-order valence-corrected chi connectivity index (χ0v) is 10.3. The van der Waals surface area contributed by atoms with Crippen LogP contribution in [0.2, 0.25) is 5.02 Å². The molecule has 0 aliphatic rings. The summed E-state index contributed by atoms with van der Waals surface area (Å²) in [4.78, 5) is 6.49. The minimum Gasteiger partial charge on any atom is -0.348 e. The number of nitrogens with zero attached hydrogens (tertiary/aromatic N) is 2. The van der Waals surface area contributed by atoms with Crippen molar-refractivity contribution < 1.29 is 0 Å². The Labute approximate surface area is 96.6 Å². The van der Waals surface area contributed by atoms with E-state index in [1.165, 1.54) is 0 Å². The van der Waals surface area contributed by atoms with Crippen LogP contribution in [-0.4, -0.2) is 17.1 Å². The summed E-state index contributed by atoms with van der Waals surface area (Å²) < 4.78 is 0. The van der Waals surface area contributed by atoms with E-state index in [4.69, 9.17) is 11.6 Å². The molecular formula is C12H17ClN2. The van der Waals surface area contributed by atoms with Gasteiger partial charge in [-0.2, -0.15) is 0 Å². The second kappa shape index (κ2) is 4.67. The fourth-order valence-electron chi connectivity index (χ4n) is 1.37. The van der Waals surface area contributed by atoms with Crippen LogP contribution < -0.4 is 4.90 Å². The number of rotatable bonds is 3. The Morgan fingerprint density at radius 3 is 2.53 bits per heavy atom. The van der Waals surface area contributed by atoms with Gasteiger partial charge >= 0.3 is 0 Å². The Bertz CT molecular complexity index is 324. The molecule has 15 heavy (non-hydrogen) atoms. The molecule has 3 heteroatoms. The fraction of sp³-hybridized carbons (Fsp3) is 0.417. The van der Waals surface area contributed by atoms with Gasteiger partial charge in [-0.3, -0.25) is 0 Å². The Balaban J connectivity index is 2.99. The topological polar surface area (TPSA) is 16.1 Å². The molecule has 82 valence electrons. The van der Waals surface area contributed by atoms with E-state index in [1.54, 1.807) is 6.20 Å². The van der Waals surface area contributed by atoms with Crippen LogP contribution in [0.25, 0.3) is 0 Å². The van der Waals surface area contributed by atoms with Gasteiger partial charge in [0.05, 0.1) is 5.02 Å². The zero-order valence-electron chi connectivity index (χ0n) is 9.50. The number of aromatic nitrogens is 1. The molecule has 0 atom stereocenters. The molecule has 2 nitrogen and oxygen atoms in total. The van der Waals surface area contributed by atoms with E-state index in [0.717, 1.165) is 12.4 Å². The van der Waals surface area contributed by atoms with Gasteiger partial charge in [0.2, 0.25) is 0 Å².